The Morgan fingerprint density at radius 2 is 1.82 bits per heavy atom. The smallest absolute Gasteiger partial charge is 0.277 e. The molecule has 2 aliphatic heterocycles. The van der Waals surface area contributed by atoms with Crippen LogP contribution in [0.25, 0.3) is 0 Å². The first kappa shape index (κ1) is 19.4. The highest BCUT2D eigenvalue weighted by Crippen LogP contribution is 2.40. The number of nitrogens with zero attached hydrogens (tertiary/aromatic N) is 3. The average molecular weight is 441 g/mol. The zero-order valence-corrected chi connectivity index (χ0v) is 17.3. The number of aromatic nitrogens is 1. The number of likely N-dealkylation sites (N-methyl/N-ethyl adjacent to an activating group) is 1. The third-order valence-corrected chi connectivity index (χ3v) is 6.22. The Bertz CT molecular complexity index is 942. The van der Waals surface area contributed by atoms with Crippen LogP contribution in [-0.4, -0.2) is 66.4 Å². The molecule has 2 aliphatic rings. The Labute approximate surface area is 175 Å². The molecule has 1 aromatic carbocycles. The second-order valence-electron chi connectivity index (χ2n) is 6.72. The summed E-state index contributed by atoms with van der Waals surface area (Å²) in [6, 6.07) is 3.22. The fourth-order valence-electron chi connectivity index (χ4n) is 3.04. The maximum absolute atomic E-state index is 12.5. The van der Waals surface area contributed by atoms with Crippen LogP contribution in [0.3, 0.4) is 0 Å². The van der Waals surface area contributed by atoms with Crippen LogP contribution in [0.5, 0.6) is 0 Å². The summed E-state index contributed by atoms with van der Waals surface area (Å²) in [5.74, 6) is -0.528. The molecule has 0 atom stereocenters. The molecule has 0 spiro atoms. The van der Waals surface area contributed by atoms with Crippen molar-refractivity contribution < 1.29 is 9.59 Å². The number of nitrogens with one attached hydrogen (secondary N) is 3. The summed E-state index contributed by atoms with van der Waals surface area (Å²) < 4.78 is 0. The first-order valence-electron chi connectivity index (χ1n) is 8.68. The first-order chi connectivity index (χ1) is 13.4. The van der Waals surface area contributed by atoms with E-state index in [2.05, 4.69) is 37.8 Å². The minimum absolute atomic E-state index is 0.149. The van der Waals surface area contributed by atoms with Crippen LogP contribution in [0.2, 0.25) is 10.0 Å². The molecule has 0 saturated carbocycles. The average Bonchev–Trinajstić information content (AvgIpc) is 2.98. The quantitative estimate of drug-likeness (QED) is 0.679. The molecule has 0 bridgehead atoms. The minimum Gasteiger partial charge on any atom is -0.343 e. The highest BCUT2D eigenvalue weighted by atomic mass is 35.5. The predicted molar refractivity (Wildman–Crippen MR) is 112 cm³/mol. The summed E-state index contributed by atoms with van der Waals surface area (Å²) in [6.45, 7) is 3.88. The molecular weight excluding hydrogens is 423 g/mol. The minimum atomic E-state index is -0.379. The van der Waals surface area contributed by atoms with Gasteiger partial charge in [-0.15, -0.1) is 0 Å². The van der Waals surface area contributed by atoms with E-state index in [1.165, 1.54) is 11.3 Å². The van der Waals surface area contributed by atoms with E-state index in [1.54, 1.807) is 12.1 Å². The number of benzene rings is 1. The lowest BCUT2D eigenvalue weighted by Crippen LogP contribution is -2.47. The molecule has 0 aliphatic carbocycles. The lowest BCUT2D eigenvalue weighted by molar-refractivity contribution is -0.117. The number of carbonyl (C=O) groups excluding carboxylic acids is 2. The van der Waals surface area contributed by atoms with Crippen molar-refractivity contribution in [2.75, 3.05) is 55.7 Å². The van der Waals surface area contributed by atoms with Crippen LogP contribution in [0.4, 0.5) is 21.5 Å². The molecule has 148 valence electrons. The van der Waals surface area contributed by atoms with Crippen LogP contribution in [0, 0.1) is 0 Å². The number of piperazine rings is 1. The molecule has 2 aromatic rings. The Morgan fingerprint density at radius 3 is 2.50 bits per heavy atom. The zero-order chi connectivity index (χ0) is 19.8. The lowest BCUT2D eigenvalue weighted by Gasteiger charge is -2.31. The van der Waals surface area contributed by atoms with Gasteiger partial charge in [0.25, 0.3) is 5.91 Å². The van der Waals surface area contributed by atoms with Crippen molar-refractivity contribution in [1.82, 2.24) is 14.8 Å². The highest BCUT2D eigenvalue weighted by molar-refractivity contribution is 7.20. The molecule has 8 nitrogen and oxygen atoms in total. The van der Waals surface area contributed by atoms with E-state index in [1.807, 2.05) is 0 Å². The van der Waals surface area contributed by atoms with Crippen molar-refractivity contribution in [3.8, 4) is 0 Å². The van der Waals surface area contributed by atoms with Crippen molar-refractivity contribution in [1.29, 1.82) is 0 Å². The number of hydrogen-bond donors (Lipinski definition) is 3. The molecule has 1 aromatic heterocycles. The lowest BCUT2D eigenvalue weighted by atomic mass is 10.2. The Kier molecular flexibility index (Phi) is 5.44. The van der Waals surface area contributed by atoms with Gasteiger partial charge in [0.1, 0.15) is 5.00 Å². The van der Waals surface area contributed by atoms with Crippen molar-refractivity contribution in [2.45, 2.75) is 0 Å². The summed E-state index contributed by atoms with van der Waals surface area (Å²) in [5, 5.41) is 10.3. The number of anilines is 4. The number of carbonyl (C=O) groups is 2. The van der Waals surface area contributed by atoms with E-state index in [0.29, 0.717) is 38.1 Å². The van der Waals surface area contributed by atoms with Gasteiger partial charge in [0.05, 0.1) is 28.0 Å². The van der Waals surface area contributed by atoms with Crippen molar-refractivity contribution in [3.63, 3.8) is 0 Å². The zero-order valence-electron chi connectivity index (χ0n) is 15.0. The number of hydrogen-bond acceptors (Lipinski definition) is 7. The van der Waals surface area contributed by atoms with Crippen molar-refractivity contribution in [2.24, 2.45) is 0 Å². The van der Waals surface area contributed by atoms with E-state index < -0.39 is 0 Å². The van der Waals surface area contributed by atoms with Gasteiger partial charge in [0, 0.05) is 26.2 Å². The molecule has 3 heterocycles. The third-order valence-electron chi connectivity index (χ3n) is 4.61. The summed E-state index contributed by atoms with van der Waals surface area (Å²) in [5.41, 5.74) is 1.34. The standard InChI is InChI=1S/C17H18Cl2N6O2S/c1-24-2-4-25(5-3-24)8-13(26)22-17-23-14-15(27)20-11-6-9(18)10(19)7-12(11)21-16(14)28-17/h6-7,21H,2-5,8H2,1H3,(H,20,27)(H,22,23,26). The number of rotatable bonds is 3. The van der Waals surface area contributed by atoms with Gasteiger partial charge in [0.15, 0.2) is 10.8 Å². The number of fused-ring (bicyclic) bond motifs is 2. The molecule has 3 N–H and O–H groups in total. The fourth-order valence-corrected chi connectivity index (χ4v) is 4.26. The Hall–Kier alpha value is -1.91. The van der Waals surface area contributed by atoms with E-state index >= 15 is 0 Å². The molecule has 2 amide bonds. The van der Waals surface area contributed by atoms with Crippen molar-refractivity contribution in [3.05, 3.63) is 27.9 Å². The van der Waals surface area contributed by atoms with Gasteiger partial charge in [-0.05, 0) is 19.2 Å². The monoisotopic (exact) mass is 440 g/mol. The molecule has 1 fully saturated rings. The second kappa shape index (κ2) is 7.84. The van der Waals surface area contributed by atoms with E-state index in [0.717, 1.165) is 26.2 Å². The molecule has 1 saturated heterocycles. The topological polar surface area (TPSA) is 89.6 Å². The van der Waals surface area contributed by atoms with Gasteiger partial charge in [-0.3, -0.25) is 14.5 Å². The van der Waals surface area contributed by atoms with Gasteiger partial charge in [-0.25, -0.2) is 4.98 Å². The van der Waals surface area contributed by atoms with Gasteiger partial charge in [-0.2, -0.15) is 0 Å². The SMILES string of the molecule is CN1CCN(CC(=O)Nc2nc3c(s2)Nc2cc(Cl)c(Cl)cc2NC3=O)CC1. The molecule has 0 radical (unpaired) electrons. The van der Waals surface area contributed by atoms with E-state index in [9.17, 15) is 9.59 Å². The number of halogens is 2. The third kappa shape index (κ3) is 4.08. The molecular formula is C17H18Cl2N6O2S. The van der Waals surface area contributed by atoms with Gasteiger partial charge >= 0.3 is 0 Å². The van der Waals surface area contributed by atoms with Gasteiger partial charge in [0.2, 0.25) is 5.91 Å². The van der Waals surface area contributed by atoms with Gasteiger partial charge in [-0.1, -0.05) is 34.5 Å². The predicted octanol–water partition coefficient (Wildman–Crippen LogP) is 2.95. The Morgan fingerprint density at radius 1 is 1.18 bits per heavy atom. The maximum Gasteiger partial charge on any atom is 0.277 e. The first-order valence-corrected chi connectivity index (χ1v) is 10.3. The van der Waals surface area contributed by atoms with Crippen LogP contribution in [0.1, 0.15) is 10.5 Å². The summed E-state index contributed by atoms with van der Waals surface area (Å²) in [4.78, 5) is 33.5. The Balaban J connectivity index is 1.48. The van der Waals surface area contributed by atoms with Crippen LogP contribution in [-0.2, 0) is 4.79 Å². The molecule has 4 rings (SSSR count). The molecule has 11 heteroatoms. The fraction of sp³-hybridized carbons (Fsp3) is 0.353. The maximum atomic E-state index is 12.5. The van der Waals surface area contributed by atoms with Crippen LogP contribution in [0.15, 0.2) is 12.1 Å². The van der Waals surface area contributed by atoms with Crippen LogP contribution >= 0.6 is 34.5 Å². The van der Waals surface area contributed by atoms with Gasteiger partial charge < -0.3 is 20.9 Å². The van der Waals surface area contributed by atoms with E-state index in [4.69, 9.17) is 23.2 Å². The highest BCUT2D eigenvalue weighted by Gasteiger charge is 2.25. The number of thiazole rings is 1. The summed E-state index contributed by atoms with van der Waals surface area (Å²) in [7, 11) is 2.07. The normalized spacial score (nSPS) is 17.2. The molecule has 0 unspecified atom stereocenters. The van der Waals surface area contributed by atoms with Crippen LogP contribution < -0.4 is 16.0 Å². The largest absolute Gasteiger partial charge is 0.343 e. The van der Waals surface area contributed by atoms with E-state index in [-0.39, 0.29) is 17.5 Å². The number of amides is 2. The molecule has 28 heavy (non-hydrogen) atoms. The second-order valence-corrected chi connectivity index (χ2v) is 8.53. The van der Waals surface area contributed by atoms with Crippen molar-refractivity contribution >= 4 is 67.9 Å². The summed E-state index contributed by atoms with van der Waals surface area (Å²) in [6.07, 6.45) is 0. The summed E-state index contributed by atoms with van der Waals surface area (Å²) >= 11 is 13.3.